The monoisotopic (exact) mass is 338 g/mol. The SMILES string of the molecule is C=CC(C)(C)OCCCC(C)(C=O)c1cccc(Br)c1. The van der Waals surface area contributed by atoms with Gasteiger partial charge >= 0.3 is 0 Å². The van der Waals surface area contributed by atoms with Crippen molar-refractivity contribution in [2.24, 2.45) is 0 Å². The molecule has 0 aliphatic heterocycles. The molecule has 1 unspecified atom stereocenters. The fourth-order valence-electron chi connectivity index (χ4n) is 1.95. The summed E-state index contributed by atoms with van der Waals surface area (Å²) in [7, 11) is 0. The quantitative estimate of drug-likeness (QED) is 0.391. The third-order valence-corrected chi connectivity index (χ3v) is 4.04. The first-order valence-corrected chi connectivity index (χ1v) is 7.62. The van der Waals surface area contributed by atoms with Gasteiger partial charge in [0.05, 0.1) is 5.60 Å². The highest BCUT2D eigenvalue weighted by molar-refractivity contribution is 9.10. The molecule has 0 radical (unpaired) electrons. The Kier molecular flexibility index (Phi) is 6.15. The zero-order valence-electron chi connectivity index (χ0n) is 12.5. The van der Waals surface area contributed by atoms with E-state index in [1.807, 2.05) is 45.0 Å². The number of carbonyl (C=O) groups is 1. The van der Waals surface area contributed by atoms with E-state index in [0.717, 1.165) is 29.2 Å². The number of hydrogen-bond donors (Lipinski definition) is 0. The number of hydrogen-bond acceptors (Lipinski definition) is 2. The normalized spacial score (nSPS) is 14.6. The van der Waals surface area contributed by atoms with Crippen LogP contribution in [0.5, 0.6) is 0 Å². The van der Waals surface area contributed by atoms with Gasteiger partial charge in [-0.15, -0.1) is 6.58 Å². The second kappa shape index (κ2) is 7.19. The van der Waals surface area contributed by atoms with Crippen LogP contribution in [0.25, 0.3) is 0 Å². The molecule has 20 heavy (non-hydrogen) atoms. The average Bonchev–Trinajstić information content (AvgIpc) is 2.43. The third kappa shape index (κ3) is 4.88. The molecule has 1 atom stereocenters. The minimum Gasteiger partial charge on any atom is -0.372 e. The highest BCUT2D eigenvalue weighted by Gasteiger charge is 2.26. The Morgan fingerprint density at radius 1 is 1.35 bits per heavy atom. The molecule has 0 spiro atoms. The Labute approximate surface area is 130 Å². The van der Waals surface area contributed by atoms with Gasteiger partial charge in [0.25, 0.3) is 0 Å². The molecule has 1 aromatic rings. The van der Waals surface area contributed by atoms with Crippen molar-refractivity contribution in [2.45, 2.75) is 44.6 Å². The van der Waals surface area contributed by atoms with Crippen LogP contribution in [0.15, 0.2) is 41.4 Å². The maximum Gasteiger partial charge on any atom is 0.130 e. The topological polar surface area (TPSA) is 26.3 Å². The van der Waals surface area contributed by atoms with Crippen LogP contribution >= 0.6 is 15.9 Å². The van der Waals surface area contributed by atoms with Crippen LogP contribution < -0.4 is 0 Å². The predicted octanol–water partition coefficient (Wildman–Crippen LogP) is 4.67. The fraction of sp³-hybridized carbons (Fsp3) is 0.471. The van der Waals surface area contributed by atoms with Gasteiger partial charge in [0.2, 0.25) is 0 Å². The van der Waals surface area contributed by atoms with Crippen molar-refractivity contribution in [3.8, 4) is 0 Å². The molecule has 1 rings (SSSR count). The van der Waals surface area contributed by atoms with Crippen LogP contribution in [-0.4, -0.2) is 18.5 Å². The molecule has 0 saturated carbocycles. The van der Waals surface area contributed by atoms with Crippen molar-refractivity contribution >= 4 is 22.2 Å². The number of aldehydes is 1. The fourth-order valence-corrected chi connectivity index (χ4v) is 2.35. The van der Waals surface area contributed by atoms with Crippen LogP contribution in [0.4, 0.5) is 0 Å². The summed E-state index contributed by atoms with van der Waals surface area (Å²) in [5.41, 5.74) is 0.253. The van der Waals surface area contributed by atoms with Gasteiger partial charge in [0.15, 0.2) is 0 Å². The standard InChI is InChI=1S/C17H23BrO2/c1-5-16(2,3)20-11-7-10-17(4,13-19)14-8-6-9-15(18)12-14/h5-6,8-9,12-13H,1,7,10-11H2,2-4H3. The second-order valence-electron chi connectivity index (χ2n) is 5.81. The lowest BCUT2D eigenvalue weighted by Gasteiger charge is -2.25. The molecule has 110 valence electrons. The van der Waals surface area contributed by atoms with Crippen LogP contribution in [0, 0.1) is 0 Å². The van der Waals surface area contributed by atoms with E-state index in [-0.39, 0.29) is 5.60 Å². The van der Waals surface area contributed by atoms with Gasteiger partial charge in [-0.1, -0.05) is 34.1 Å². The molecule has 0 bridgehead atoms. The van der Waals surface area contributed by atoms with Crippen molar-refractivity contribution < 1.29 is 9.53 Å². The number of benzene rings is 1. The summed E-state index contributed by atoms with van der Waals surface area (Å²) in [4.78, 5) is 11.5. The van der Waals surface area contributed by atoms with Gasteiger partial charge in [0.1, 0.15) is 6.29 Å². The summed E-state index contributed by atoms with van der Waals surface area (Å²) in [6.45, 7) is 10.3. The van der Waals surface area contributed by atoms with E-state index >= 15 is 0 Å². The number of carbonyl (C=O) groups excluding carboxylic acids is 1. The first-order chi connectivity index (χ1) is 9.33. The number of halogens is 1. The molecule has 0 N–H and O–H groups in total. The molecule has 0 heterocycles. The molecule has 0 amide bonds. The van der Waals surface area contributed by atoms with E-state index in [1.165, 1.54) is 0 Å². The summed E-state index contributed by atoms with van der Waals surface area (Å²) in [5.74, 6) is 0. The van der Waals surface area contributed by atoms with Crippen molar-refractivity contribution in [3.05, 3.63) is 47.0 Å². The highest BCUT2D eigenvalue weighted by Crippen LogP contribution is 2.29. The van der Waals surface area contributed by atoms with Gasteiger partial charge in [-0.25, -0.2) is 0 Å². The summed E-state index contributed by atoms with van der Waals surface area (Å²) in [5, 5.41) is 0. The van der Waals surface area contributed by atoms with Crippen molar-refractivity contribution in [1.82, 2.24) is 0 Å². The molecule has 0 saturated heterocycles. The summed E-state index contributed by atoms with van der Waals surface area (Å²) in [6, 6.07) is 7.92. The summed E-state index contributed by atoms with van der Waals surface area (Å²) in [6.07, 6.45) is 4.42. The lowest BCUT2D eigenvalue weighted by Crippen LogP contribution is -2.26. The van der Waals surface area contributed by atoms with Crippen molar-refractivity contribution in [1.29, 1.82) is 0 Å². The van der Waals surface area contributed by atoms with E-state index in [0.29, 0.717) is 6.61 Å². The molecule has 3 heteroatoms. The van der Waals surface area contributed by atoms with Crippen LogP contribution in [0.3, 0.4) is 0 Å². The van der Waals surface area contributed by atoms with E-state index in [9.17, 15) is 4.79 Å². The first-order valence-electron chi connectivity index (χ1n) is 6.83. The highest BCUT2D eigenvalue weighted by atomic mass is 79.9. The summed E-state index contributed by atoms with van der Waals surface area (Å²) < 4.78 is 6.73. The van der Waals surface area contributed by atoms with Crippen LogP contribution in [-0.2, 0) is 14.9 Å². The molecule has 1 aromatic carbocycles. The van der Waals surface area contributed by atoms with E-state index in [2.05, 4.69) is 22.5 Å². The van der Waals surface area contributed by atoms with E-state index in [4.69, 9.17) is 4.74 Å². The van der Waals surface area contributed by atoms with E-state index in [1.54, 1.807) is 6.08 Å². The second-order valence-corrected chi connectivity index (χ2v) is 6.72. The van der Waals surface area contributed by atoms with Crippen molar-refractivity contribution in [2.75, 3.05) is 6.61 Å². The largest absolute Gasteiger partial charge is 0.372 e. The predicted molar refractivity (Wildman–Crippen MR) is 87.0 cm³/mol. The lowest BCUT2D eigenvalue weighted by molar-refractivity contribution is -0.112. The first kappa shape index (κ1) is 17.1. The smallest absolute Gasteiger partial charge is 0.130 e. The Morgan fingerprint density at radius 2 is 2.05 bits per heavy atom. The third-order valence-electron chi connectivity index (χ3n) is 3.55. The van der Waals surface area contributed by atoms with Crippen molar-refractivity contribution in [3.63, 3.8) is 0 Å². The van der Waals surface area contributed by atoms with Crippen LogP contribution in [0.1, 0.15) is 39.2 Å². The minimum atomic E-state index is -0.467. The molecular weight excluding hydrogens is 316 g/mol. The molecule has 2 nitrogen and oxygen atoms in total. The zero-order chi connectivity index (χ0) is 15.2. The minimum absolute atomic E-state index is 0.312. The number of ether oxygens (including phenoxy) is 1. The Hall–Kier alpha value is -0.930. The maximum atomic E-state index is 11.5. The molecule has 0 aliphatic rings. The average molecular weight is 339 g/mol. The summed E-state index contributed by atoms with van der Waals surface area (Å²) >= 11 is 3.45. The number of rotatable bonds is 8. The van der Waals surface area contributed by atoms with Gasteiger partial charge in [-0.2, -0.15) is 0 Å². The molecule has 0 aromatic heterocycles. The van der Waals surface area contributed by atoms with Gasteiger partial charge in [-0.3, -0.25) is 0 Å². The Morgan fingerprint density at radius 3 is 2.60 bits per heavy atom. The lowest BCUT2D eigenvalue weighted by atomic mass is 9.80. The Bertz CT molecular complexity index is 468. The molecule has 0 aliphatic carbocycles. The zero-order valence-corrected chi connectivity index (χ0v) is 14.1. The Balaban J connectivity index is 2.63. The molecule has 0 fully saturated rings. The van der Waals surface area contributed by atoms with E-state index < -0.39 is 5.41 Å². The maximum absolute atomic E-state index is 11.5. The van der Waals surface area contributed by atoms with Gasteiger partial charge < -0.3 is 9.53 Å². The van der Waals surface area contributed by atoms with Gasteiger partial charge in [-0.05, 0) is 51.3 Å². The van der Waals surface area contributed by atoms with Gasteiger partial charge in [0, 0.05) is 16.5 Å². The molecular formula is C17H23BrO2. The van der Waals surface area contributed by atoms with Crippen LogP contribution in [0.2, 0.25) is 0 Å².